The average Bonchev–Trinajstić information content (AvgIpc) is 2.47. The van der Waals surface area contributed by atoms with Crippen LogP contribution in [0.4, 0.5) is 0 Å². The Morgan fingerprint density at radius 2 is 1.52 bits per heavy atom. The number of hydrogen-bond acceptors (Lipinski definition) is 1. The lowest BCUT2D eigenvalue weighted by molar-refractivity contribution is 0.622. The fraction of sp³-hybridized carbons (Fsp3) is 0.400. The van der Waals surface area contributed by atoms with E-state index < -0.39 is 0 Å². The Bertz CT molecular complexity index is 531. The Morgan fingerprint density at radius 3 is 2.14 bits per heavy atom. The van der Waals surface area contributed by atoms with Gasteiger partial charge >= 0.3 is 0 Å². The molecule has 1 atom stereocenters. The molecule has 112 valence electrons. The molecule has 0 radical (unpaired) electrons. The van der Waals surface area contributed by atoms with Gasteiger partial charge < -0.3 is 5.32 Å². The lowest BCUT2D eigenvalue weighted by atomic mass is 9.90. The standard InChI is InChI=1S/C20H27N/c1-16(2)12-17-8-7-9-18(13-17)14-20(15-21-3)19-10-5-4-6-11-19/h4-11,13,16,20-21H,12,14-15H2,1-3H3. The summed E-state index contributed by atoms with van der Waals surface area (Å²) in [6.07, 6.45) is 2.26. The van der Waals surface area contributed by atoms with E-state index in [9.17, 15) is 0 Å². The molecular weight excluding hydrogens is 254 g/mol. The van der Waals surface area contributed by atoms with Gasteiger partial charge in [0.1, 0.15) is 0 Å². The number of benzene rings is 2. The van der Waals surface area contributed by atoms with Crippen LogP contribution in [0, 0.1) is 5.92 Å². The van der Waals surface area contributed by atoms with Gasteiger partial charge in [0.2, 0.25) is 0 Å². The van der Waals surface area contributed by atoms with Crippen molar-refractivity contribution >= 4 is 0 Å². The fourth-order valence-corrected chi connectivity index (χ4v) is 2.92. The zero-order valence-corrected chi connectivity index (χ0v) is 13.5. The minimum atomic E-state index is 0.533. The first-order valence-electron chi connectivity index (χ1n) is 7.96. The maximum atomic E-state index is 3.33. The van der Waals surface area contributed by atoms with Crippen molar-refractivity contribution in [2.75, 3.05) is 13.6 Å². The quantitative estimate of drug-likeness (QED) is 0.791. The van der Waals surface area contributed by atoms with Crippen LogP contribution in [0.2, 0.25) is 0 Å². The van der Waals surface area contributed by atoms with Crippen molar-refractivity contribution in [2.24, 2.45) is 5.92 Å². The van der Waals surface area contributed by atoms with Crippen molar-refractivity contribution in [3.05, 3.63) is 71.3 Å². The summed E-state index contributed by atoms with van der Waals surface area (Å²) in [7, 11) is 2.03. The molecule has 0 aliphatic heterocycles. The van der Waals surface area contributed by atoms with Crippen LogP contribution in [-0.2, 0) is 12.8 Å². The molecule has 0 saturated carbocycles. The minimum Gasteiger partial charge on any atom is -0.319 e. The Labute approximate surface area is 129 Å². The molecule has 1 N–H and O–H groups in total. The molecule has 0 fully saturated rings. The molecule has 0 amide bonds. The molecular formula is C20H27N. The predicted molar refractivity (Wildman–Crippen MR) is 91.8 cm³/mol. The van der Waals surface area contributed by atoms with E-state index in [1.165, 1.54) is 16.7 Å². The molecule has 1 unspecified atom stereocenters. The highest BCUT2D eigenvalue weighted by Crippen LogP contribution is 2.21. The maximum absolute atomic E-state index is 3.33. The van der Waals surface area contributed by atoms with E-state index in [2.05, 4.69) is 73.8 Å². The maximum Gasteiger partial charge on any atom is 0.00203 e. The third kappa shape index (κ3) is 5.02. The van der Waals surface area contributed by atoms with Gasteiger partial charge in [0.25, 0.3) is 0 Å². The zero-order valence-electron chi connectivity index (χ0n) is 13.5. The van der Waals surface area contributed by atoms with E-state index in [1.54, 1.807) is 0 Å². The Balaban J connectivity index is 2.13. The summed E-state index contributed by atoms with van der Waals surface area (Å²) in [5, 5.41) is 3.33. The molecule has 0 aliphatic rings. The van der Waals surface area contributed by atoms with Gasteiger partial charge in [-0.2, -0.15) is 0 Å². The lowest BCUT2D eigenvalue weighted by Gasteiger charge is -2.18. The second-order valence-corrected chi connectivity index (χ2v) is 6.29. The highest BCUT2D eigenvalue weighted by molar-refractivity contribution is 5.28. The number of rotatable bonds is 7. The Morgan fingerprint density at radius 1 is 0.857 bits per heavy atom. The molecule has 0 bridgehead atoms. The largest absolute Gasteiger partial charge is 0.319 e. The van der Waals surface area contributed by atoms with E-state index in [1.807, 2.05) is 7.05 Å². The van der Waals surface area contributed by atoms with Crippen molar-refractivity contribution in [1.29, 1.82) is 0 Å². The summed E-state index contributed by atoms with van der Waals surface area (Å²) < 4.78 is 0. The number of nitrogens with one attached hydrogen (secondary N) is 1. The summed E-state index contributed by atoms with van der Waals surface area (Å²) in [6, 6.07) is 19.9. The van der Waals surface area contributed by atoms with Crippen LogP contribution in [-0.4, -0.2) is 13.6 Å². The summed E-state index contributed by atoms with van der Waals surface area (Å²) >= 11 is 0. The van der Waals surface area contributed by atoms with Crippen molar-refractivity contribution in [1.82, 2.24) is 5.32 Å². The SMILES string of the molecule is CNCC(Cc1cccc(CC(C)C)c1)c1ccccc1. The van der Waals surface area contributed by atoms with Crippen molar-refractivity contribution in [3.8, 4) is 0 Å². The molecule has 2 aromatic carbocycles. The summed E-state index contributed by atoms with van der Waals surface area (Å²) in [4.78, 5) is 0. The van der Waals surface area contributed by atoms with Crippen molar-refractivity contribution in [3.63, 3.8) is 0 Å². The molecule has 0 saturated heterocycles. The highest BCUT2D eigenvalue weighted by Gasteiger charge is 2.11. The first-order chi connectivity index (χ1) is 10.2. The van der Waals surface area contributed by atoms with Crippen LogP contribution in [0.5, 0.6) is 0 Å². The van der Waals surface area contributed by atoms with Gasteiger partial charge in [-0.15, -0.1) is 0 Å². The molecule has 0 aliphatic carbocycles. The molecule has 0 spiro atoms. The lowest BCUT2D eigenvalue weighted by Crippen LogP contribution is -2.19. The van der Waals surface area contributed by atoms with Gasteiger partial charge in [-0.05, 0) is 42.5 Å². The van der Waals surface area contributed by atoms with E-state index >= 15 is 0 Å². The van der Waals surface area contributed by atoms with Crippen LogP contribution in [0.15, 0.2) is 54.6 Å². The Kier molecular flexibility index (Phi) is 6.01. The van der Waals surface area contributed by atoms with Gasteiger partial charge in [0, 0.05) is 12.5 Å². The van der Waals surface area contributed by atoms with Crippen LogP contribution in [0.25, 0.3) is 0 Å². The predicted octanol–water partition coefficient (Wildman–Crippen LogP) is 4.43. The third-order valence-corrected chi connectivity index (χ3v) is 3.84. The van der Waals surface area contributed by atoms with Gasteiger partial charge in [-0.1, -0.05) is 68.4 Å². The van der Waals surface area contributed by atoms with E-state index in [0.717, 1.165) is 19.4 Å². The summed E-state index contributed by atoms with van der Waals surface area (Å²) in [5.41, 5.74) is 4.32. The normalized spacial score (nSPS) is 12.6. The van der Waals surface area contributed by atoms with Crippen LogP contribution >= 0.6 is 0 Å². The van der Waals surface area contributed by atoms with E-state index in [-0.39, 0.29) is 0 Å². The van der Waals surface area contributed by atoms with Crippen LogP contribution in [0.3, 0.4) is 0 Å². The topological polar surface area (TPSA) is 12.0 Å². The highest BCUT2D eigenvalue weighted by atomic mass is 14.8. The third-order valence-electron chi connectivity index (χ3n) is 3.84. The molecule has 0 heterocycles. The van der Waals surface area contributed by atoms with E-state index in [4.69, 9.17) is 0 Å². The second-order valence-electron chi connectivity index (χ2n) is 6.29. The van der Waals surface area contributed by atoms with Crippen molar-refractivity contribution < 1.29 is 0 Å². The second kappa shape index (κ2) is 7.99. The smallest absolute Gasteiger partial charge is 0.00203 e. The minimum absolute atomic E-state index is 0.533. The molecule has 2 rings (SSSR count). The van der Waals surface area contributed by atoms with Crippen LogP contribution < -0.4 is 5.32 Å². The van der Waals surface area contributed by atoms with Gasteiger partial charge in [-0.3, -0.25) is 0 Å². The monoisotopic (exact) mass is 281 g/mol. The summed E-state index contributed by atoms with van der Waals surface area (Å²) in [5.74, 6) is 1.24. The van der Waals surface area contributed by atoms with Gasteiger partial charge in [0.15, 0.2) is 0 Å². The first kappa shape index (κ1) is 15.8. The van der Waals surface area contributed by atoms with E-state index in [0.29, 0.717) is 11.8 Å². The molecule has 21 heavy (non-hydrogen) atoms. The zero-order chi connectivity index (χ0) is 15.1. The number of likely N-dealkylation sites (N-methyl/N-ethyl adjacent to an activating group) is 1. The molecule has 1 heteroatoms. The van der Waals surface area contributed by atoms with Crippen LogP contribution in [0.1, 0.15) is 36.5 Å². The van der Waals surface area contributed by atoms with Gasteiger partial charge in [-0.25, -0.2) is 0 Å². The van der Waals surface area contributed by atoms with Gasteiger partial charge in [0.05, 0.1) is 0 Å². The molecule has 1 nitrogen and oxygen atoms in total. The van der Waals surface area contributed by atoms with Crippen molar-refractivity contribution in [2.45, 2.75) is 32.6 Å². The summed E-state index contributed by atoms with van der Waals surface area (Å²) in [6.45, 7) is 5.57. The first-order valence-corrected chi connectivity index (χ1v) is 7.96. The molecule has 2 aromatic rings. The Hall–Kier alpha value is -1.60. The molecule has 0 aromatic heterocycles. The average molecular weight is 281 g/mol. The fourth-order valence-electron chi connectivity index (χ4n) is 2.92. The number of hydrogen-bond donors (Lipinski definition) is 1.